The second-order valence-corrected chi connectivity index (χ2v) is 7.01. The van der Waals surface area contributed by atoms with Crippen LogP contribution in [-0.4, -0.2) is 45.5 Å². The zero-order chi connectivity index (χ0) is 12.0. The van der Waals surface area contributed by atoms with E-state index in [1.54, 1.807) is 6.07 Å². The maximum Gasteiger partial charge on any atom is 0.309 e. The molecule has 0 amide bonds. The highest BCUT2D eigenvalue weighted by molar-refractivity contribution is 7.61. The molecular weight excluding hydrogens is 261 g/mol. The lowest BCUT2D eigenvalue weighted by Gasteiger charge is -2.21. The molecule has 2 fully saturated rings. The predicted octanol–water partition coefficient (Wildman–Crippen LogP) is 1.59. The van der Waals surface area contributed by atoms with Gasteiger partial charge in [0.1, 0.15) is 5.82 Å². The molecule has 0 unspecified atom stereocenters. The molecule has 8 heteroatoms. The Morgan fingerprint density at radius 3 is 2.35 bits per heavy atom. The summed E-state index contributed by atoms with van der Waals surface area (Å²) in [5.41, 5.74) is 0.760. The third kappa shape index (κ3) is 2.31. The summed E-state index contributed by atoms with van der Waals surface area (Å²) in [4.78, 5) is 8.04. The van der Waals surface area contributed by atoms with E-state index in [4.69, 9.17) is 11.6 Å². The predicted molar refractivity (Wildman–Crippen MR) is 66.2 cm³/mol. The van der Waals surface area contributed by atoms with Crippen molar-refractivity contribution in [1.82, 2.24) is 19.3 Å². The van der Waals surface area contributed by atoms with Gasteiger partial charge in [-0.25, -0.2) is 19.3 Å². The number of hydrogen-bond donors (Lipinski definition) is 1. The highest BCUT2D eigenvalue weighted by atomic mass is 35.5. The van der Waals surface area contributed by atoms with Crippen molar-refractivity contribution in [3.05, 3.63) is 17.0 Å². The zero-order valence-corrected chi connectivity index (χ0v) is 11.1. The van der Waals surface area contributed by atoms with Gasteiger partial charge in [-0.05, 0) is 18.5 Å². The van der Waals surface area contributed by atoms with Gasteiger partial charge in [-0.1, -0.05) is 0 Å². The number of nitrogens with one attached hydrogen (secondary N) is 1. The first kappa shape index (κ1) is 11.4. The topological polar surface area (TPSA) is 60.9 Å². The minimum Gasteiger partial charge on any atom is -0.297 e. The molecule has 0 atom stereocenters. The highest BCUT2D eigenvalue weighted by Gasteiger charge is 2.48. The van der Waals surface area contributed by atoms with Gasteiger partial charge in [0.05, 0.1) is 0 Å². The summed E-state index contributed by atoms with van der Waals surface area (Å²) >= 11 is 5.79. The van der Waals surface area contributed by atoms with Crippen LogP contribution in [0.3, 0.4) is 0 Å². The first-order chi connectivity index (χ1) is 8.08. The van der Waals surface area contributed by atoms with E-state index in [0.717, 1.165) is 31.9 Å². The number of rotatable bonds is 4. The lowest BCUT2D eigenvalue weighted by molar-refractivity contribution is 0.524. The smallest absolute Gasteiger partial charge is 0.297 e. The van der Waals surface area contributed by atoms with Crippen LogP contribution in [0.1, 0.15) is 5.69 Å². The fourth-order valence-electron chi connectivity index (χ4n) is 1.69. The van der Waals surface area contributed by atoms with Crippen LogP contribution < -0.4 is 5.09 Å². The number of aryl methyl sites for hydroxylation is 1. The van der Waals surface area contributed by atoms with Gasteiger partial charge in [-0.3, -0.25) is 9.65 Å². The third-order valence-corrected chi connectivity index (χ3v) is 5.72. The van der Waals surface area contributed by atoms with Crippen LogP contribution in [-0.2, 0) is 4.57 Å². The molecule has 3 rings (SSSR count). The van der Waals surface area contributed by atoms with E-state index in [-0.39, 0.29) is 5.28 Å². The van der Waals surface area contributed by atoms with E-state index in [2.05, 4.69) is 15.1 Å². The molecule has 1 aromatic rings. The Labute approximate surface area is 105 Å². The lowest BCUT2D eigenvalue weighted by Crippen LogP contribution is -2.13. The van der Waals surface area contributed by atoms with Crippen molar-refractivity contribution in [2.75, 3.05) is 31.3 Å². The molecule has 1 N–H and O–H groups in total. The minimum absolute atomic E-state index is 0.177. The molecule has 0 bridgehead atoms. The summed E-state index contributed by atoms with van der Waals surface area (Å²) in [6.45, 7) is 5.33. The van der Waals surface area contributed by atoms with Crippen LogP contribution in [0.15, 0.2) is 6.07 Å². The molecule has 17 heavy (non-hydrogen) atoms. The van der Waals surface area contributed by atoms with Gasteiger partial charge >= 0.3 is 7.59 Å². The number of aromatic nitrogens is 2. The fourth-order valence-corrected chi connectivity index (χ4v) is 4.23. The molecular formula is C9H13ClN5OP. The molecule has 2 aliphatic heterocycles. The Morgan fingerprint density at radius 1 is 1.29 bits per heavy atom. The SMILES string of the molecule is Cc1cc(NP(=O)(N2CC2)N2CC2)nc(Cl)n1. The highest BCUT2D eigenvalue weighted by Crippen LogP contribution is 2.59. The molecule has 3 heterocycles. The summed E-state index contributed by atoms with van der Waals surface area (Å²) < 4.78 is 16.6. The van der Waals surface area contributed by atoms with Crippen LogP contribution in [0.25, 0.3) is 0 Å². The van der Waals surface area contributed by atoms with E-state index in [1.165, 1.54) is 0 Å². The first-order valence-corrected chi connectivity index (χ1v) is 7.47. The molecule has 6 nitrogen and oxygen atoms in total. The first-order valence-electron chi connectivity index (χ1n) is 5.48. The largest absolute Gasteiger partial charge is 0.309 e. The Bertz CT molecular complexity index is 466. The number of hydrogen-bond acceptors (Lipinski definition) is 3. The van der Waals surface area contributed by atoms with E-state index >= 15 is 0 Å². The Balaban J connectivity index is 1.87. The summed E-state index contributed by atoms with van der Waals surface area (Å²) in [5.74, 6) is 0.532. The van der Waals surface area contributed by atoms with Crippen molar-refractivity contribution in [3.63, 3.8) is 0 Å². The van der Waals surface area contributed by atoms with Gasteiger partial charge < -0.3 is 0 Å². The second kappa shape index (κ2) is 3.92. The normalized spacial score (nSPS) is 20.4. The summed E-state index contributed by atoms with van der Waals surface area (Å²) in [6, 6.07) is 1.76. The molecule has 2 saturated heterocycles. The van der Waals surface area contributed by atoms with Gasteiger partial charge in [0.15, 0.2) is 0 Å². The number of halogens is 1. The van der Waals surface area contributed by atoms with Gasteiger partial charge in [0, 0.05) is 37.9 Å². The second-order valence-electron chi connectivity index (χ2n) is 4.23. The standard InChI is InChI=1S/C9H13ClN5OP/c1-7-6-8(12-9(10)11-7)13-17(16,14-2-3-14)15-4-5-15/h6H,2-5H2,1H3,(H,11,12,13,16). The van der Waals surface area contributed by atoms with E-state index in [1.807, 2.05) is 16.3 Å². The minimum atomic E-state index is -2.63. The van der Waals surface area contributed by atoms with Crippen molar-refractivity contribution in [2.24, 2.45) is 0 Å². The van der Waals surface area contributed by atoms with Gasteiger partial charge in [0.2, 0.25) is 5.28 Å². The van der Waals surface area contributed by atoms with Crippen LogP contribution in [0, 0.1) is 6.92 Å². The van der Waals surface area contributed by atoms with Gasteiger partial charge in [0.25, 0.3) is 0 Å². The van der Waals surface area contributed by atoms with E-state index < -0.39 is 7.59 Å². The van der Waals surface area contributed by atoms with Crippen molar-refractivity contribution >= 4 is 25.0 Å². The van der Waals surface area contributed by atoms with E-state index in [9.17, 15) is 4.57 Å². The molecule has 0 aliphatic carbocycles. The molecule has 0 radical (unpaired) electrons. The number of anilines is 1. The van der Waals surface area contributed by atoms with Crippen molar-refractivity contribution in [2.45, 2.75) is 6.92 Å². The van der Waals surface area contributed by atoms with Crippen LogP contribution in [0.2, 0.25) is 5.28 Å². The summed E-state index contributed by atoms with van der Waals surface area (Å²) in [5, 5.41) is 3.21. The summed E-state index contributed by atoms with van der Waals surface area (Å²) in [6.07, 6.45) is 0. The Morgan fingerprint density at radius 2 is 1.88 bits per heavy atom. The lowest BCUT2D eigenvalue weighted by atomic mass is 10.4. The fraction of sp³-hybridized carbons (Fsp3) is 0.556. The summed E-state index contributed by atoms with van der Waals surface area (Å²) in [7, 11) is -2.63. The average Bonchev–Trinajstić information content (AvgIpc) is 3.09. The molecule has 0 saturated carbocycles. The van der Waals surface area contributed by atoms with E-state index in [0.29, 0.717) is 5.82 Å². The van der Waals surface area contributed by atoms with Crippen LogP contribution in [0.5, 0.6) is 0 Å². The molecule has 1 aromatic heterocycles. The average molecular weight is 274 g/mol. The molecule has 0 aromatic carbocycles. The molecule has 2 aliphatic rings. The molecule has 0 spiro atoms. The monoisotopic (exact) mass is 273 g/mol. The van der Waals surface area contributed by atoms with Crippen molar-refractivity contribution in [1.29, 1.82) is 0 Å². The Kier molecular flexibility index (Phi) is 2.63. The quantitative estimate of drug-likeness (QED) is 0.511. The number of nitrogens with zero attached hydrogens (tertiary/aromatic N) is 4. The van der Waals surface area contributed by atoms with Gasteiger partial charge in [-0.2, -0.15) is 0 Å². The molecule has 92 valence electrons. The maximum absolute atomic E-state index is 12.8. The van der Waals surface area contributed by atoms with Gasteiger partial charge in [-0.15, -0.1) is 0 Å². The third-order valence-electron chi connectivity index (χ3n) is 2.70. The maximum atomic E-state index is 12.8. The Hall–Kier alpha value is -0.680. The van der Waals surface area contributed by atoms with Crippen LogP contribution >= 0.6 is 19.2 Å². The van der Waals surface area contributed by atoms with Crippen LogP contribution in [0.4, 0.5) is 5.82 Å². The van der Waals surface area contributed by atoms with Crippen molar-refractivity contribution < 1.29 is 4.57 Å². The van der Waals surface area contributed by atoms with Crippen molar-refractivity contribution in [3.8, 4) is 0 Å². The zero-order valence-electron chi connectivity index (χ0n) is 9.43.